The van der Waals surface area contributed by atoms with Gasteiger partial charge in [-0.3, -0.25) is 4.79 Å². The fraction of sp³-hybridized carbons (Fsp3) is 0.391. The van der Waals surface area contributed by atoms with Gasteiger partial charge in [0.1, 0.15) is 5.82 Å². The van der Waals surface area contributed by atoms with E-state index in [2.05, 4.69) is 10.6 Å². The summed E-state index contributed by atoms with van der Waals surface area (Å²) in [4.78, 5) is 12.2. The molecule has 0 spiro atoms. The maximum atomic E-state index is 13.0. The largest absolute Gasteiger partial charge is 0.423 e. The van der Waals surface area contributed by atoms with Crippen LogP contribution in [-0.4, -0.2) is 30.8 Å². The lowest BCUT2D eigenvalue weighted by molar-refractivity contribution is -0.121. The van der Waals surface area contributed by atoms with Crippen molar-refractivity contribution in [2.45, 2.75) is 51.1 Å². The molecule has 1 aliphatic rings. The molecule has 0 saturated heterocycles. The highest BCUT2D eigenvalue weighted by molar-refractivity contribution is 5.76. The zero-order chi connectivity index (χ0) is 24.6. The van der Waals surface area contributed by atoms with Crippen molar-refractivity contribution in [3.05, 3.63) is 76.3 Å². The van der Waals surface area contributed by atoms with Crippen LogP contribution in [0.4, 0.5) is 30.7 Å². The van der Waals surface area contributed by atoms with Crippen LogP contribution in [0, 0.1) is 5.82 Å². The minimum atomic E-state index is -4.88. The van der Waals surface area contributed by atoms with Crippen LogP contribution in [-0.2, 0) is 11.3 Å². The molecule has 1 atom stereocenters. The lowest BCUT2D eigenvalue weighted by Gasteiger charge is -2.17. The van der Waals surface area contributed by atoms with E-state index in [0.29, 0.717) is 31.5 Å². The van der Waals surface area contributed by atoms with Crippen molar-refractivity contribution >= 4 is 5.91 Å². The molecule has 0 aromatic heterocycles. The predicted octanol–water partition coefficient (Wildman–Crippen LogP) is 5.66. The molecule has 0 heterocycles. The van der Waals surface area contributed by atoms with E-state index >= 15 is 0 Å². The fourth-order valence-electron chi connectivity index (χ4n) is 3.00. The van der Waals surface area contributed by atoms with Gasteiger partial charge in [0, 0.05) is 25.6 Å². The van der Waals surface area contributed by atoms with Crippen LogP contribution in [0.25, 0.3) is 0 Å². The molecule has 1 unspecified atom stereocenters. The first kappa shape index (κ1) is 26.4. The van der Waals surface area contributed by atoms with Crippen molar-refractivity contribution in [3.63, 3.8) is 0 Å². The third-order valence-corrected chi connectivity index (χ3v) is 4.90. The van der Waals surface area contributed by atoms with E-state index in [1.165, 1.54) is 12.1 Å². The second kappa shape index (κ2) is 11.3. The lowest BCUT2D eigenvalue weighted by Crippen LogP contribution is -2.31. The van der Waals surface area contributed by atoms with Crippen LogP contribution in [0.1, 0.15) is 31.7 Å². The number of allylic oxidation sites excluding steroid dienone is 3. The number of alkyl halides is 6. The molecule has 1 aliphatic carbocycles. The SMILES string of the molecule is CCC(CCC(=O)NCC1=CC(C(F)(F)F)=C=CC(C(F)(F)F)=C1)NCc1ccc(F)cc1. The summed E-state index contributed by atoms with van der Waals surface area (Å²) < 4.78 is 91.0. The number of halogens is 7. The summed E-state index contributed by atoms with van der Waals surface area (Å²) in [5.41, 5.74) is -0.508. The van der Waals surface area contributed by atoms with Crippen LogP contribution >= 0.6 is 0 Å². The van der Waals surface area contributed by atoms with E-state index in [1.807, 2.05) is 6.92 Å². The Morgan fingerprint density at radius 1 is 1.00 bits per heavy atom. The lowest BCUT2D eigenvalue weighted by atomic mass is 10.1. The van der Waals surface area contributed by atoms with Crippen molar-refractivity contribution in [3.8, 4) is 0 Å². The zero-order valence-corrected chi connectivity index (χ0v) is 17.7. The molecule has 2 rings (SSSR count). The van der Waals surface area contributed by atoms with E-state index in [1.54, 1.807) is 17.9 Å². The first-order chi connectivity index (χ1) is 15.4. The molecule has 0 aliphatic heterocycles. The highest BCUT2D eigenvalue weighted by atomic mass is 19.4. The summed E-state index contributed by atoms with van der Waals surface area (Å²) >= 11 is 0. The molecule has 1 amide bonds. The number of benzene rings is 1. The Bertz CT molecular complexity index is 951. The van der Waals surface area contributed by atoms with Gasteiger partial charge < -0.3 is 10.6 Å². The fourth-order valence-corrected chi connectivity index (χ4v) is 3.00. The molecule has 0 radical (unpaired) electrons. The Labute approximate surface area is 186 Å². The third kappa shape index (κ3) is 8.90. The number of carbonyl (C=O) groups is 1. The molecule has 3 nitrogen and oxygen atoms in total. The van der Waals surface area contributed by atoms with E-state index in [-0.39, 0.29) is 29.9 Å². The van der Waals surface area contributed by atoms with Gasteiger partial charge in [0.2, 0.25) is 5.91 Å². The van der Waals surface area contributed by atoms with Crippen LogP contribution in [0.15, 0.2) is 64.9 Å². The third-order valence-electron chi connectivity index (χ3n) is 4.90. The molecule has 1 aromatic rings. The number of carbonyl (C=O) groups excluding carboxylic acids is 1. The Morgan fingerprint density at radius 2 is 1.67 bits per heavy atom. The normalized spacial score (nSPS) is 15.3. The zero-order valence-electron chi connectivity index (χ0n) is 17.7. The molecule has 10 heteroatoms. The Morgan fingerprint density at radius 3 is 2.24 bits per heavy atom. The number of rotatable bonds is 9. The van der Waals surface area contributed by atoms with Crippen LogP contribution in [0.3, 0.4) is 0 Å². The minimum Gasteiger partial charge on any atom is -0.352 e. The van der Waals surface area contributed by atoms with Crippen molar-refractivity contribution in [2.24, 2.45) is 0 Å². The van der Waals surface area contributed by atoms with Crippen molar-refractivity contribution < 1.29 is 35.5 Å². The van der Waals surface area contributed by atoms with E-state index in [9.17, 15) is 35.5 Å². The summed E-state index contributed by atoms with van der Waals surface area (Å²) in [5.74, 6) is -0.855. The van der Waals surface area contributed by atoms with E-state index in [0.717, 1.165) is 5.56 Å². The van der Waals surface area contributed by atoms with Crippen molar-refractivity contribution in [1.29, 1.82) is 0 Å². The molecule has 1 aromatic carbocycles. The highest BCUT2D eigenvalue weighted by Crippen LogP contribution is 2.32. The Balaban J connectivity index is 1.93. The highest BCUT2D eigenvalue weighted by Gasteiger charge is 2.36. The smallest absolute Gasteiger partial charge is 0.352 e. The molecule has 0 bridgehead atoms. The van der Waals surface area contributed by atoms with E-state index < -0.39 is 36.0 Å². The van der Waals surface area contributed by atoms with Crippen molar-refractivity contribution in [1.82, 2.24) is 10.6 Å². The van der Waals surface area contributed by atoms with Crippen LogP contribution < -0.4 is 10.6 Å². The Kier molecular flexibility index (Phi) is 9.07. The molecular formula is C23H23F7N2O. The standard InChI is InChI=1S/C23H23F7N2O/c1-2-20(31-13-15-3-7-19(24)8-4-15)9-10-21(33)32-14-16-11-17(22(25,26)27)5-6-18(12-16)23(28,29)30/h3-5,7-8,11-12,20,31H,2,9-10,13-14H2,1H3,(H,32,33). The van der Waals surface area contributed by atoms with Gasteiger partial charge in [-0.15, -0.1) is 5.73 Å². The van der Waals surface area contributed by atoms with Crippen LogP contribution in [0.5, 0.6) is 0 Å². The van der Waals surface area contributed by atoms with Gasteiger partial charge in [-0.1, -0.05) is 19.1 Å². The number of nitrogens with one attached hydrogen (secondary N) is 2. The molecular weight excluding hydrogens is 453 g/mol. The quantitative estimate of drug-likeness (QED) is 0.357. The minimum absolute atomic E-state index is 0.0261. The van der Waals surface area contributed by atoms with Gasteiger partial charge in [-0.2, -0.15) is 26.3 Å². The number of hydrogen-bond donors (Lipinski definition) is 2. The van der Waals surface area contributed by atoms with Gasteiger partial charge in [0.25, 0.3) is 0 Å². The molecule has 33 heavy (non-hydrogen) atoms. The van der Waals surface area contributed by atoms with E-state index in [4.69, 9.17) is 0 Å². The van der Waals surface area contributed by atoms with Gasteiger partial charge in [-0.25, -0.2) is 4.39 Å². The predicted molar refractivity (Wildman–Crippen MR) is 109 cm³/mol. The molecule has 0 saturated carbocycles. The average Bonchev–Trinajstić information content (AvgIpc) is 2.96. The van der Waals surface area contributed by atoms with Gasteiger partial charge >= 0.3 is 12.4 Å². The maximum Gasteiger partial charge on any atom is 0.423 e. The first-order valence-electron chi connectivity index (χ1n) is 10.2. The Hall–Kier alpha value is -2.84. The first-order valence-corrected chi connectivity index (χ1v) is 10.2. The summed E-state index contributed by atoms with van der Waals surface area (Å²) in [6.45, 7) is 1.86. The summed E-state index contributed by atoms with van der Waals surface area (Å²) in [6.07, 6.45) is -7.29. The molecule has 2 N–H and O–H groups in total. The second-order valence-corrected chi connectivity index (χ2v) is 7.44. The monoisotopic (exact) mass is 476 g/mol. The summed E-state index contributed by atoms with van der Waals surface area (Å²) in [7, 11) is 0. The molecule has 0 fully saturated rings. The number of hydrogen-bond acceptors (Lipinski definition) is 2. The van der Waals surface area contributed by atoms with Gasteiger partial charge in [0.15, 0.2) is 0 Å². The maximum absolute atomic E-state index is 13.0. The topological polar surface area (TPSA) is 41.1 Å². The summed E-state index contributed by atoms with van der Waals surface area (Å²) in [5, 5.41) is 5.60. The van der Waals surface area contributed by atoms with Gasteiger partial charge in [0.05, 0.1) is 11.1 Å². The average molecular weight is 476 g/mol. The second-order valence-electron chi connectivity index (χ2n) is 7.44. The summed E-state index contributed by atoms with van der Waals surface area (Å²) in [6, 6.07) is 5.87. The van der Waals surface area contributed by atoms with Gasteiger partial charge in [-0.05, 0) is 54.3 Å². The number of amides is 1. The molecule has 180 valence electrons. The van der Waals surface area contributed by atoms with Crippen molar-refractivity contribution in [2.75, 3.05) is 6.54 Å². The van der Waals surface area contributed by atoms with Crippen LogP contribution in [0.2, 0.25) is 0 Å².